The molecular formula is C12H17N5O. The first-order valence-corrected chi connectivity index (χ1v) is 6.30. The van der Waals surface area contributed by atoms with Gasteiger partial charge in [0.25, 0.3) is 0 Å². The maximum absolute atomic E-state index is 6.09. The van der Waals surface area contributed by atoms with E-state index in [1.54, 1.807) is 10.9 Å². The van der Waals surface area contributed by atoms with Crippen LogP contribution < -0.4 is 10.5 Å². The fourth-order valence-corrected chi connectivity index (χ4v) is 2.45. The Morgan fingerprint density at radius 1 is 1.33 bits per heavy atom. The van der Waals surface area contributed by atoms with Gasteiger partial charge in [-0.1, -0.05) is 6.42 Å². The van der Waals surface area contributed by atoms with Crippen molar-refractivity contribution in [3.05, 3.63) is 12.5 Å². The molecule has 2 unspecified atom stereocenters. The van der Waals surface area contributed by atoms with Gasteiger partial charge >= 0.3 is 0 Å². The van der Waals surface area contributed by atoms with Crippen LogP contribution in [0.2, 0.25) is 0 Å². The summed E-state index contributed by atoms with van der Waals surface area (Å²) in [6.45, 7) is 0. The molecule has 0 saturated heterocycles. The number of hydrogen-bond acceptors (Lipinski definition) is 5. The van der Waals surface area contributed by atoms with Gasteiger partial charge in [0, 0.05) is 13.1 Å². The Kier molecular flexibility index (Phi) is 2.87. The topological polar surface area (TPSA) is 78.9 Å². The molecule has 1 fully saturated rings. The van der Waals surface area contributed by atoms with Gasteiger partial charge in [0.15, 0.2) is 5.65 Å². The van der Waals surface area contributed by atoms with E-state index in [-0.39, 0.29) is 12.1 Å². The van der Waals surface area contributed by atoms with Crippen LogP contribution in [0, 0.1) is 0 Å². The summed E-state index contributed by atoms with van der Waals surface area (Å²) in [6, 6.07) is 0.0976. The minimum Gasteiger partial charge on any atom is -0.472 e. The molecule has 2 atom stereocenters. The van der Waals surface area contributed by atoms with E-state index in [2.05, 4.69) is 15.1 Å². The largest absolute Gasteiger partial charge is 0.472 e. The Morgan fingerprint density at radius 3 is 3.00 bits per heavy atom. The lowest BCUT2D eigenvalue weighted by atomic mass is 9.93. The summed E-state index contributed by atoms with van der Waals surface area (Å²) in [4.78, 5) is 8.40. The zero-order valence-electron chi connectivity index (χ0n) is 10.4. The van der Waals surface area contributed by atoms with Crippen molar-refractivity contribution in [3.8, 4) is 5.88 Å². The van der Waals surface area contributed by atoms with Crippen LogP contribution in [0.1, 0.15) is 25.7 Å². The second-order valence-electron chi connectivity index (χ2n) is 4.79. The SMILES string of the molecule is Cn1ncc2c(OC3CCCCC3N)ncnc21. The molecule has 6 heteroatoms. The molecule has 0 spiro atoms. The molecule has 0 radical (unpaired) electrons. The van der Waals surface area contributed by atoms with E-state index in [4.69, 9.17) is 10.5 Å². The minimum atomic E-state index is 0.0528. The van der Waals surface area contributed by atoms with Crippen LogP contribution in [0.5, 0.6) is 5.88 Å². The van der Waals surface area contributed by atoms with Crippen LogP contribution in [0.3, 0.4) is 0 Å². The van der Waals surface area contributed by atoms with Gasteiger partial charge in [-0.2, -0.15) is 5.10 Å². The molecule has 2 aromatic rings. The molecule has 18 heavy (non-hydrogen) atoms. The highest BCUT2D eigenvalue weighted by atomic mass is 16.5. The second-order valence-corrected chi connectivity index (χ2v) is 4.79. The van der Waals surface area contributed by atoms with E-state index in [0.29, 0.717) is 5.88 Å². The first-order valence-electron chi connectivity index (χ1n) is 6.30. The molecule has 2 aromatic heterocycles. The lowest BCUT2D eigenvalue weighted by molar-refractivity contribution is 0.128. The predicted octanol–water partition coefficient (Wildman–Crippen LogP) is 1.01. The lowest BCUT2D eigenvalue weighted by Crippen LogP contribution is -2.41. The van der Waals surface area contributed by atoms with Crippen molar-refractivity contribution in [2.75, 3.05) is 0 Å². The summed E-state index contributed by atoms with van der Waals surface area (Å²) in [5.41, 5.74) is 6.87. The molecule has 0 aromatic carbocycles. The highest BCUT2D eigenvalue weighted by Gasteiger charge is 2.24. The van der Waals surface area contributed by atoms with E-state index in [1.165, 1.54) is 19.2 Å². The highest BCUT2D eigenvalue weighted by Crippen LogP contribution is 2.26. The Bertz CT molecular complexity index is 552. The van der Waals surface area contributed by atoms with E-state index in [1.807, 2.05) is 7.05 Å². The standard InChI is InChI=1S/C12H17N5O/c1-17-11-8(6-16-17)12(15-7-14-11)18-10-5-3-2-4-9(10)13/h6-7,9-10H,2-5,13H2,1H3. The quantitative estimate of drug-likeness (QED) is 0.856. The van der Waals surface area contributed by atoms with Crippen molar-refractivity contribution < 1.29 is 4.74 Å². The Balaban J connectivity index is 1.90. The van der Waals surface area contributed by atoms with Gasteiger partial charge in [-0.15, -0.1) is 0 Å². The van der Waals surface area contributed by atoms with Crippen molar-refractivity contribution in [1.82, 2.24) is 19.7 Å². The first kappa shape index (κ1) is 11.4. The molecular weight excluding hydrogens is 230 g/mol. The normalized spacial score (nSPS) is 24.3. The van der Waals surface area contributed by atoms with Gasteiger partial charge in [-0.05, 0) is 19.3 Å². The van der Waals surface area contributed by atoms with Crippen LogP contribution in [0.25, 0.3) is 11.0 Å². The molecule has 1 saturated carbocycles. The molecule has 96 valence electrons. The minimum absolute atomic E-state index is 0.0528. The van der Waals surface area contributed by atoms with E-state index in [9.17, 15) is 0 Å². The van der Waals surface area contributed by atoms with Gasteiger partial charge in [-0.25, -0.2) is 9.97 Å². The number of ether oxygens (including phenoxy) is 1. The zero-order chi connectivity index (χ0) is 12.5. The molecule has 0 aliphatic heterocycles. The highest BCUT2D eigenvalue weighted by molar-refractivity contribution is 5.79. The number of nitrogens with zero attached hydrogens (tertiary/aromatic N) is 4. The summed E-state index contributed by atoms with van der Waals surface area (Å²) in [5.74, 6) is 0.593. The van der Waals surface area contributed by atoms with Crippen molar-refractivity contribution in [2.24, 2.45) is 12.8 Å². The fourth-order valence-electron chi connectivity index (χ4n) is 2.45. The van der Waals surface area contributed by atoms with Crippen LogP contribution in [0.4, 0.5) is 0 Å². The molecule has 0 amide bonds. The number of hydrogen-bond donors (Lipinski definition) is 1. The van der Waals surface area contributed by atoms with Crippen LogP contribution in [-0.4, -0.2) is 31.9 Å². The van der Waals surface area contributed by atoms with Crippen LogP contribution in [0.15, 0.2) is 12.5 Å². The number of aryl methyl sites for hydroxylation is 1. The van der Waals surface area contributed by atoms with Gasteiger partial charge in [0.05, 0.1) is 6.20 Å². The number of rotatable bonds is 2. The third-order valence-corrected chi connectivity index (χ3v) is 3.51. The van der Waals surface area contributed by atoms with E-state index >= 15 is 0 Å². The van der Waals surface area contributed by atoms with E-state index in [0.717, 1.165) is 23.9 Å². The summed E-state index contributed by atoms with van der Waals surface area (Å²) in [6.07, 6.45) is 7.66. The monoisotopic (exact) mass is 247 g/mol. The Morgan fingerprint density at radius 2 is 2.17 bits per heavy atom. The van der Waals surface area contributed by atoms with Gasteiger partial charge in [0.1, 0.15) is 17.8 Å². The fraction of sp³-hybridized carbons (Fsp3) is 0.583. The molecule has 0 bridgehead atoms. The van der Waals surface area contributed by atoms with Crippen molar-refractivity contribution >= 4 is 11.0 Å². The molecule has 6 nitrogen and oxygen atoms in total. The molecule has 2 N–H and O–H groups in total. The zero-order valence-corrected chi connectivity index (χ0v) is 10.4. The summed E-state index contributed by atoms with van der Waals surface area (Å²) in [7, 11) is 1.85. The Labute approximate surface area is 105 Å². The maximum Gasteiger partial charge on any atom is 0.228 e. The average molecular weight is 247 g/mol. The predicted molar refractivity (Wildman–Crippen MR) is 67.2 cm³/mol. The molecule has 1 aliphatic carbocycles. The summed E-state index contributed by atoms with van der Waals surface area (Å²) < 4.78 is 7.68. The maximum atomic E-state index is 6.09. The molecule has 2 heterocycles. The van der Waals surface area contributed by atoms with Crippen molar-refractivity contribution in [3.63, 3.8) is 0 Å². The third kappa shape index (κ3) is 1.92. The third-order valence-electron chi connectivity index (χ3n) is 3.51. The van der Waals surface area contributed by atoms with E-state index < -0.39 is 0 Å². The summed E-state index contributed by atoms with van der Waals surface area (Å²) in [5, 5.41) is 5.02. The molecule has 3 rings (SSSR count). The van der Waals surface area contributed by atoms with Crippen LogP contribution >= 0.6 is 0 Å². The van der Waals surface area contributed by atoms with Crippen molar-refractivity contribution in [2.45, 2.75) is 37.8 Å². The lowest BCUT2D eigenvalue weighted by Gasteiger charge is -2.28. The smallest absolute Gasteiger partial charge is 0.228 e. The average Bonchev–Trinajstić information content (AvgIpc) is 2.76. The van der Waals surface area contributed by atoms with Crippen molar-refractivity contribution in [1.29, 1.82) is 0 Å². The molecule has 1 aliphatic rings. The van der Waals surface area contributed by atoms with Gasteiger partial charge in [0.2, 0.25) is 5.88 Å². The van der Waals surface area contributed by atoms with Gasteiger partial charge < -0.3 is 10.5 Å². The van der Waals surface area contributed by atoms with Gasteiger partial charge in [-0.3, -0.25) is 4.68 Å². The summed E-state index contributed by atoms with van der Waals surface area (Å²) >= 11 is 0. The second kappa shape index (κ2) is 4.53. The Hall–Kier alpha value is -1.69. The number of fused-ring (bicyclic) bond motifs is 1. The first-order chi connectivity index (χ1) is 8.75. The number of nitrogens with two attached hydrogens (primary N) is 1. The van der Waals surface area contributed by atoms with Crippen LogP contribution in [-0.2, 0) is 7.05 Å². The number of aromatic nitrogens is 4.